The first-order valence-electron chi connectivity index (χ1n) is 27.9. The third kappa shape index (κ3) is 8.90. The van der Waals surface area contributed by atoms with E-state index in [0.717, 1.165) is 27.8 Å². The number of ether oxygens (including phenoxy) is 4. The van der Waals surface area contributed by atoms with Crippen molar-refractivity contribution in [2.24, 2.45) is 11.7 Å². The predicted molar refractivity (Wildman–Crippen MR) is 309 cm³/mol. The normalized spacial score (nSPS) is 28.0. The van der Waals surface area contributed by atoms with Crippen LogP contribution in [-0.2, 0) is 57.0 Å². The lowest BCUT2D eigenvalue weighted by molar-refractivity contribution is -0.125. The lowest BCUT2D eigenvalue weighted by atomic mass is 9.69. The number of nitrogens with two attached hydrogens (primary N) is 1. The van der Waals surface area contributed by atoms with E-state index < -0.39 is 64.6 Å². The van der Waals surface area contributed by atoms with Gasteiger partial charge in [0.1, 0.15) is 12.1 Å². The number of nitrogens with zero attached hydrogens (tertiary/aromatic N) is 6. The number of hydrogen-bond acceptors (Lipinski definition) is 20. The molecule has 22 heteroatoms. The number of carbonyl (C=O) groups excluding carboxylic acids is 5. The molecule has 0 spiro atoms. The summed E-state index contributed by atoms with van der Waals surface area (Å²) in [4.78, 5) is 77.3. The van der Waals surface area contributed by atoms with Crippen LogP contribution in [0.1, 0.15) is 79.1 Å². The second kappa shape index (κ2) is 22.6. The third-order valence-corrected chi connectivity index (χ3v) is 20.3. The Kier molecular flexibility index (Phi) is 16.0. The Morgan fingerprint density at radius 1 is 0.702 bits per heavy atom. The number of carbonyl (C=O) groups is 5. The molecule has 2 aliphatic carbocycles. The minimum atomic E-state index is -1.36. The number of phenols is 2. The number of ketones is 4. The van der Waals surface area contributed by atoms with E-state index in [-0.39, 0.29) is 112 Å². The van der Waals surface area contributed by atoms with Crippen molar-refractivity contribution in [3.8, 4) is 35.1 Å². The second-order valence-corrected chi connectivity index (χ2v) is 24.3. The Morgan fingerprint density at radius 2 is 1.13 bits per heavy atom. The van der Waals surface area contributed by atoms with Crippen molar-refractivity contribution < 1.29 is 53.1 Å². The Balaban J connectivity index is 0.000000198. The molecule has 0 saturated carbocycles. The van der Waals surface area contributed by atoms with E-state index >= 15 is 0 Å². The maximum atomic E-state index is 14.1. The highest BCUT2D eigenvalue weighted by Crippen LogP contribution is 2.56. The van der Waals surface area contributed by atoms with Gasteiger partial charge in [0.15, 0.2) is 46.1 Å². The van der Waals surface area contributed by atoms with Gasteiger partial charge >= 0.3 is 0 Å². The van der Waals surface area contributed by atoms with E-state index in [1.165, 1.54) is 28.4 Å². The van der Waals surface area contributed by atoms with Gasteiger partial charge in [-0.15, -0.1) is 0 Å². The molecule has 1 amide bonds. The van der Waals surface area contributed by atoms with Crippen LogP contribution in [0.25, 0.3) is 0 Å². The minimum absolute atomic E-state index is 0.00751. The van der Waals surface area contributed by atoms with Crippen LogP contribution < -0.4 is 20.5 Å². The molecule has 4 bridgehead atoms. The van der Waals surface area contributed by atoms with Crippen molar-refractivity contribution in [2.45, 2.75) is 126 Å². The van der Waals surface area contributed by atoms with Crippen LogP contribution in [-0.4, -0.2) is 168 Å². The van der Waals surface area contributed by atoms with Gasteiger partial charge < -0.3 is 40.2 Å². The monoisotopic (exact) mass is 1160 g/mol. The summed E-state index contributed by atoms with van der Waals surface area (Å²) in [7, 11) is 8.24. The van der Waals surface area contributed by atoms with E-state index in [1.54, 1.807) is 45.0 Å². The fraction of sp³-hybridized carbons (Fsp3) is 0.452. The van der Waals surface area contributed by atoms with Crippen LogP contribution in [0.5, 0.6) is 23.0 Å². The quantitative estimate of drug-likeness (QED) is 0.0904. The highest BCUT2D eigenvalue weighted by atomic mass is 32.2. The zero-order chi connectivity index (χ0) is 60.8. The number of amides is 1. The van der Waals surface area contributed by atoms with E-state index in [9.17, 15) is 44.7 Å². The molecule has 3 aromatic carbocycles. The molecule has 5 unspecified atom stereocenters. The van der Waals surface area contributed by atoms with Crippen molar-refractivity contribution in [3.05, 3.63) is 121 Å². The molecular formula is C62H70N10O11S. The van der Waals surface area contributed by atoms with Crippen molar-refractivity contribution in [2.75, 3.05) is 55.6 Å². The van der Waals surface area contributed by atoms with Gasteiger partial charge in [0, 0.05) is 86.7 Å². The summed E-state index contributed by atoms with van der Waals surface area (Å²) in [6, 6.07) is 12.9. The molecule has 0 radical (unpaired) electrons. The average Bonchev–Trinajstić information content (AvgIpc) is 0.734. The fourth-order valence-electron chi connectivity index (χ4n) is 15.0. The lowest BCUT2D eigenvalue weighted by Crippen LogP contribution is -2.71. The van der Waals surface area contributed by atoms with Gasteiger partial charge in [-0.1, -0.05) is 30.3 Å². The summed E-state index contributed by atoms with van der Waals surface area (Å²) >= 11 is 0. The number of aryl methyl sites for hydroxylation is 2. The average molecular weight is 1160 g/mol. The molecule has 7 N–H and O–H groups in total. The Morgan fingerprint density at radius 3 is 1.54 bits per heavy atom. The molecule has 440 valence electrons. The van der Waals surface area contributed by atoms with E-state index in [1.807, 2.05) is 55.9 Å². The summed E-state index contributed by atoms with van der Waals surface area (Å²) in [5.41, 5.74) is 12.8. The summed E-state index contributed by atoms with van der Waals surface area (Å²) in [6.07, 6.45) is 1.40. The molecule has 0 aromatic heterocycles. The minimum Gasteiger partial charge on any atom is -0.504 e. The molecule has 84 heavy (non-hydrogen) atoms. The highest BCUT2D eigenvalue weighted by Gasteiger charge is 2.60. The summed E-state index contributed by atoms with van der Waals surface area (Å²) in [5, 5.41) is 55.5. The molecular weight excluding hydrogens is 1090 g/mol. The maximum Gasteiger partial charge on any atom is 0.229 e. The standard InChI is InChI=1S/C36H40N6O6S.C26H30N4O5/c1-17-12-20-13-23-25(15-37)42-24(29(41(23)4)27(20)31(44)33(17)47-5)14-22-28(32(45)34(48-6)18(2)30(22)43)26(42)16-40-36(46)19(3)35(38)49(39)21-10-8-7-9-11-21;1-11-6-13-7-15-17(9-27)30-16(21(29(15)3)19(13)23(32)25(11)34-4)8-14-20(18(30)10-28)24(33)26(35-5)12(2)22(14)31/h7-12,19,23-26,29,38-39,44H,13-14,16H2,1-6H3,(H,40,46);6,15-18,21,32H,7-8,10,28H2,1-5H3/t19?,23-,24?,25-,26-,29-,49?;15-,16?,17-,18?,21-/m00/s1. The molecule has 8 aliphatic rings. The number of piperazine rings is 2. The first kappa shape index (κ1) is 59.3. The summed E-state index contributed by atoms with van der Waals surface area (Å²) in [6.45, 7) is 8.41. The molecule has 12 atom stereocenters. The zero-order valence-corrected chi connectivity index (χ0v) is 49.7. The number of nitriles is 2. The number of allylic oxidation sites excluding steroid dienone is 4. The molecule has 6 heterocycles. The highest BCUT2D eigenvalue weighted by molar-refractivity contribution is 8.01. The van der Waals surface area contributed by atoms with Crippen LogP contribution in [0.3, 0.4) is 0 Å². The Labute approximate surface area is 490 Å². The largest absolute Gasteiger partial charge is 0.504 e. The van der Waals surface area contributed by atoms with E-state index in [2.05, 4.69) is 27.3 Å². The predicted octanol–water partition coefficient (Wildman–Crippen LogP) is 4.78. The Hall–Kier alpha value is -7.83. The van der Waals surface area contributed by atoms with E-state index in [4.69, 9.17) is 34.9 Å². The van der Waals surface area contributed by atoms with Gasteiger partial charge in [0.25, 0.3) is 0 Å². The SMILES string of the molecule is COC1=C(C)C(=O)C2=C(C1=O)C(CN)N1C(C2)[C@H]2c3c(cc(C)c(OC)c3O)C[C@@H]([C@@H]1C#N)N2C.COC1=C(C)C(=O)C2=C(C1=O)[C@H](CNC(=O)C(C)C(=N)S(=N)c1ccccc1)N1C(C2)[C@H]2c3c(cc(C)c(OC)c3O)C[C@@H]([C@@H]1C#N)N2C. The van der Waals surface area contributed by atoms with Gasteiger partial charge in [0.05, 0.1) is 75.7 Å². The number of aromatic hydroxyl groups is 2. The van der Waals surface area contributed by atoms with Crippen LogP contribution in [0.2, 0.25) is 0 Å². The topological polar surface area (TPSA) is 309 Å². The maximum absolute atomic E-state index is 14.1. The van der Waals surface area contributed by atoms with Crippen molar-refractivity contribution in [1.29, 1.82) is 20.7 Å². The zero-order valence-electron chi connectivity index (χ0n) is 48.9. The molecule has 2 saturated heterocycles. The van der Waals surface area contributed by atoms with Gasteiger partial charge in [0.2, 0.25) is 17.5 Å². The lowest BCUT2D eigenvalue weighted by Gasteiger charge is -2.60. The van der Waals surface area contributed by atoms with Gasteiger partial charge in [-0.05, 0) is 119 Å². The first-order valence-corrected chi connectivity index (χ1v) is 29.1. The molecule has 21 nitrogen and oxygen atoms in total. The number of phenolic OH excluding ortho intramolecular Hbond substituents is 2. The molecule has 3 aromatic rings. The van der Waals surface area contributed by atoms with E-state index in [0.29, 0.717) is 51.5 Å². The van der Waals surface area contributed by atoms with Crippen LogP contribution in [0, 0.1) is 52.6 Å². The van der Waals surface area contributed by atoms with Gasteiger partial charge in [-0.3, -0.25) is 53.8 Å². The van der Waals surface area contributed by atoms with Gasteiger partial charge in [-0.25, -0.2) is 0 Å². The second-order valence-electron chi connectivity index (χ2n) is 22.8. The van der Waals surface area contributed by atoms with Crippen molar-refractivity contribution in [3.63, 3.8) is 0 Å². The number of Topliss-reactive ketones (excluding diaryl/α,β-unsaturated/α-hetero) is 4. The fourth-order valence-corrected chi connectivity index (χ4v) is 16.1. The third-order valence-electron chi connectivity index (χ3n) is 18.8. The number of nitrogens with one attached hydrogen (secondary N) is 3. The van der Waals surface area contributed by atoms with Crippen LogP contribution in [0.4, 0.5) is 0 Å². The van der Waals surface area contributed by atoms with Crippen LogP contribution >= 0.6 is 0 Å². The number of likely N-dealkylation sites (N-methyl/N-ethyl adjacent to an activating group) is 2. The van der Waals surface area contributed by atoms with Crippen molar-refractivity contribution in [1.82, 2.24) is 24.9 Å². The number of fused-ring (bicyclic) bond motifs is 12. The molecule has 11 rings (SSSR count). The first-order chi connectivity index (χ1) is 40.1. The number of benzene rings is 3. The van der Waals surface area contributed by atoms with Crippen molar-refractivity contribution >= 4 is 44.8 Å². The number of rotatable bonds is 10. The summed E-state index contributed by atoms with van der Waals surface area (Å²) in [5.74, 6) is -1.99. The molecule has 6 aliphatic heterocycles. The smallest absolute Gasteiger partial charge is 0.229 e. The number of hydrogen-bond donors (Lipinski definition) is 6. The van der Waals surface area contributed by atoms with Gasteiger partial charge in [-0.2, -0.15) is 10.5 Å². The molecule has 2 fully saturated rings. The van der Waals surface area contributed by atoms with Crippen LogP contribution in [0.15, 0.2) is 92.3 Å². The summed E-state index contributed by atoms with van der Waals surface area (Å²) < 4.78 is 30.4. The number of methoxy groups -OCH3 is 4. The Bertz CT molecular complexity index is 3630.